The summed E-state index contributed by atoms with van der Waals surface area (Å²) in [5.41, 5.74) is 0. The van der Waals surface area contributed by atoms with Crippen LogP contribution in [0.15, 0.2) is 0 Å². The number of ether oxygens (including phenoxy) is 1. The van der Waals surface area contributed by atoms with Gasteiger partial charge in [0.2, 0.25) is 0 Å². The molecule has 0 aliphatic carbocycles. The molecule has 1 unspecified atom stereocenters. The smallest absolute Gasteiger partial charge is 0.305 e. The third-order valence-corrected chi connectivity index (χ3v) is 4.43. The number of carbonyl (C=O) groups is 1. The summed E-state index contributed by atoms with van der Waals surface area (Å²) < 4.78 is 4.63. The third kappa shape index (κ3) is 17.8. The van der Waals surface area contributed by atoms with Crippen molar-refractivity contribution in [3.63, 3.8) is 0 Å². The number of esters is 1. The summed E-state index contributed by atoms with van der Waals surface area (Å²) in [5, 5.41) is 0.348. The Kier molecular flexibility index (Phi) is 16.9. The molecule has 132 valence electrons. The first-order valence-electron chi connectivity index (χ1n) is 9.37. The zero-order valence-corrected chi connectivity index (χ0v) is 15.6. The predicted molar refractivity (Wildman–Crippen MR) is 96.6 cm³/mol. The maximum atomic E-state index is 10.9. The number of hydrogen-bond donors (Lipinski definition) is 0. The summed E-state index contributed by atoms with van der Waals surface area (Å²) in [7, 11) is 1.46. The summed E-state index contributed by atoms with van der Waals surface area (Å²) in [6.07, 6.45) is 18.8. The van der Waals surface area contributed by atoms with Gasteiger partial charge in [-0.15, -0.1) is 11.6 Å². The minimum Gasteiger partial charge on any atom is -0.469 e. The maximum absolute atomic E-state index is 10.9. The average molecular weight is 333 g/mol. The third-order valence-electron chi connectivity index (χ3n) is 4.21. The van der Waals surface area contributed by atoms with Crippen LogP contribution in [0.25, 0.3) is 0 Å². The molecule has 0 aliphatic heterocycles. The molecule has 2 nitrogen and oxygen atoms in total. The topological polar surface area (TPSA) is 26.3 Å². The molecule has 0 fully saturated rings. The van der Waals surface area contributed by atoms with E-state index < -0.39 is 0 Å². The van der Waals surface area contributed by atoms with Gasteiger partial charge in [0.05, 0.1) is 7.11 Å². The predicted octanol–water partition coefficient (Wildman–Crippen LogP) is 6.64. The number of halogens is 1. The van der Waals surface area contributed by atoms with Crippen LogP contribution in [0, 0.1) is 0 Å². The lowest BCUT2D eigenvalue weighted by atomic mass is 10.0. The highest BCUT2D eigenvalue weighted by atomic mass is 35.5. The fourth-order valence-corrected chi connectivity index (χ4v) is 2.90. The lowest BCUT2D eigenvalue weighted by Gasteiger charge is -2.04. The Hall–Kier alpha value is -0.240. The van der Waals surface area contributed by atoms with Crippen molar-refractivity contribution in [2.45, 2.75) is 109 Å². The molecule has 3 heteroatoms. The molecule has 0 saturated carbocycles. The molecule has 0 N–H and O–H groups in total. The van der Waals surface area contributed by atoms with E-state index in [1.165, 1.54) is 84.2 Å². The number of carbonyl (C=O) groups excluding carboxylic acids is 1. The van der Waals surface area contributed by atoms with Crippen LogP contribution in [-0.2, 0) is 9.53 Å². The first-order valence-corrected chi connectivity index (χ1v) is 9.81. The van der Waals surface area contributed by atoms with Crippen molar-refractivity contribution in [2.24, 2.45) is 0 Å². The number of rotatable bonds is 16. The molecule has 22 heavy (non-hydrogen) atoms. The van der Waals surface area contributed by atoms with Crippen molar-refractivity contribution in [2.75, 3.05) is 7.11 Å². The molecule has 0 aromatic rings. The van der Waals surface area contributed by atoms with Gasteiger partial charge in [-0.25, -0.2) is 0 Å². The molecule has 0 bridgehead atoms. The molecule has 0 aliphatic rings. The van der Waals surface area contributed by atoms with Crippen molar-refractivity contribution < 1.29 is 9.53 Å². The number of unbranched alkanes of at least 4 members (excludes halogenated alkanes) is 12. The Morgan fingerprint density at radius 3 is 1.50 bits per heavy atom. The van der Waals surface area contributed by atoms with Gasteiger partial charge < -0.3 is 4.74 Å². The van der Waals surface area contributed by atoms with Crippen LogP contribution >= 0.6 is 11.6 Å². The summed E-state index contributed by atoms with van der Waals surface area (Å²) in [6.45, 7) is 2.08. The monoisotopic (exact) mass is 332 g/mol. The van der Waals surface area contributed by atoms with E-state index in [2.05, 4.69) is 11.7 Å². The van der Waals surface area contributed by atoms with Crippen molar-refractivity contribution in [1.82, 2.24) is 0 Å². The normalized spacial score (nSPS) is 12.3. The van der Waals surface area contributed by atoms with Crippen LogP contribution in [0.1, 0.15) is 103 Å². The van der Waals surface area contributed by atoms with Gasteiger partial charge in [-0.1, -0.05) is 77.0 Å². The van der Waals surface area contributed by atoms with E-state index in [1.807, 2.05) is 0 Å². The summed E-state index contributed by atoms with van der Waals surface area (Å²) in [4.78, 5) is 10.9. The molecule has 0 heterocycles. The number of alkyl halides is 1. The highest BCUT2D eigenvalue weighted by Gasteiger charge is 1.99. The zero-order valence-electron chi connectivity index (χ0n) is 14.9. The Labute approximate surface area is 143 Å². The van der Waals surface area contributed by atoms with Crippen molar-refractivity contribution >= 4 is 17.6 Å². The van der Waals surface area contributed by atoms with Crippen LogP contribution in [0.3, 0.4) is 0 Å². The van der Waals surface area contributed by atoms with E-state index in [4.69, 9.17) is 11.6 Å². The van der Waals surface area contributed by atoms with Gasteiger partial charge in [-0.3, -0.25) is 4.79 Å². The van der Waals surface area contributed by atoms with Crippen LogP contribution < -0.4 is 0 Å². The lowest BCUT2D eigenvalue weighted by Crippen LogP contribution is -1.99. The molecular weight excluding hydrogens is 296 g/mol. The van der Waals surface area contributed by atoms with Crippen LogP contribution in [-0.4, -0.2) is 18.5 Å². The van der Waals surface area contributed by atoms with Crippen molar-refractivity contribution in [3.8, 4) is 0 Å². The Morgan fingerprint density at radius 1 is 0.773 bits per heavy atom. The summed E-state index contributed by atoms with van der Waals surface area (Å²) in [6, 6.07) is 0. The Balaban J connectivity index is 3.01. The largest absolute Gasteiger partial charge is 0.469 e. The van der Waals surface area contributed by atoms with E-state index in [-0.39, 0.29) is 5.97 Å². The van der Waals surface area contributed by atoms with E-state index in [0.29, 0.717) is 11.8 Å². The minimum absolute atomic E-state index is 0.0721. The molecule has 0 amide bonds. The van der Waals surface area contributed by atoms with E-state index in [0.717, 1.165) is 12.8 Å². The molecule has 1 atom stereocenters. The first kappa shape index (κ1) is 21.8. The lowest BCUT2D eigenvalue weighted by molar-refractivity contribution is -0.140. The Morgan fingerprint density at radius 2 is 1.14 bits per heavy atom. The second-order valence-corrected chi connectivity index (χ2v) is 7.24. The number of methoxy groups -OCH3 is 1. The van der Waals surface area contributed by atoms with E-state index >= 15 is 0 Å². The van der Waals surface area contributed by atoms with Crippen molar-refractivity contribution in [1.29, 1.82) is 0 Å². The second-order valence-electron chi connectivity index (χ2n) is 6.49. The molecule has 0 radical (unpaired) electrons. The van der Waals surface area contributed by atoms with Crippen LogP contribution in [0.4, 0.5) is 0 Å². The molecule has 0 rings (SSSR count). The number of hydrogen-bond acceptors (Lipinski definition) is 2. The fraction of sp³-hybridized carbons (Fsp3) is 0.947. The summed E-state index contributed by atoms with van der Waals surface area (Å²) in [5.74, 6) is -0.0721. The van der Waals surface area contributed by atoms with Gasteiger partial charge in [-0.2, -0.15) is 0 Å². The molecule has 0 aromatic heterocycles. The van der Waals surface area contributed by atoms with Gasteiger partial charge in [0.15, 0.2) is 0 Å². The first-order chi connectivity index (χ1) is 10.7. The minimum atomic E-state index is -0.0721. The highest BCUT2D eigenvalue weighted by molar-refractivity contribution is 6.20. The van der Waals surface area contributed by atoms with E-state index in [1.54, 1.807) is 0 Å². The van der Waals surface area contributed by atoms with Gasteiger partial charge in [0.25, 0.3) is 0 Å². The molecule has 0 spiro atoms. The van der Waals surface area contributed by atoms with Gasteiger partial charge in [0.1, 0.15) is 0 Å². The highest BCUT2D eigenvalue weighted by Crippen LogP contribution is 2.14. The van der Waals surface area contributed by atoms with Gasteiger partial charge in [-0.05, 0) is 19.8 Å². The maximum Gasteiger partial charge on any atom is 0.305 e. The SMILES string of the molecule is COC(=O)CCCCCCCCCCCCCCCC(C)Cl. The quantitative estimate of drug-likeness (QED) is 0.180. The fourth-order valence-electron chi connectivity index (χ4n) is 2.74. The Bertz CT molecular complexity index is 242. The van der Waals surface area contributed by atoms with E-state index in [9.17, 15) is 4.79 Å². The molecule has 0 aromatic carbocycles. The standard InChI is InChI=1S/C19H37ClO2/c1-18(20)16-14-12-10-8-6-4-3-5-7-9-11-13-15-17-19(21)22-2/h18H,3-17H2,1-2H3. The second kappa shape index (κ2) is 17.1. The zero-order chi connectivity index (χ0) is 16.5. The van der Waals surface area contributed by atoms with Crippen LogP contribution in [0.5, 0.6) is 0 Å². The van der Waals surface area contributed by atoms with Gasteiger partial charge in [0, 0.05) is 11.8 Å². The average Bonchev–Trinajstić information content (AvgIpc) is 2.50. The summed E-state index contributed by atoms with van der Waals surface area (Å²) >= 11 is 5.93. The van der Waals surface area contributed by atoms with Crippen LogP contribution in [0.2, 0.25) is 0 Å². The molecule has 0 saturated heterocycles. The van der Waals surface area contributed by atoms with Gasteiger partial charge >= 0.3 is 5.97 Å². The molecular formula is C19H37ClO2. The van der Waals surface area contributed by atoms with Crippen molar-refractivity contribution in [3.05, 3.63) is 0 Å².